The predicted octanol–water partition coefficient (Wildman–Crippen LogP) is 2.84. The first-order valence-electron chi connectivity index (χ1n) is 7.60. The summed E-state index contributed by atoms with van der Waals surface area (Å²) in [5, 5.41) is 9.95. The minimum Gasteiger partial charge on any atom is -0.477 e. The van der Waals surface area contributed by atoms with Crippen LogP contribution in [0.1, 0.15) is 42.2 Å². The van der Waals surface area contributed by atoms with Crippen molar-refractivity contribution < 1.29 is 14.7 Å². The number of carbonyl (C=O) groups is 2. The quantitative estimate of drug-likeness (QED) is 0.915. The Bertz CT molecular complexity index is 733. The Morgan fingerprint density at radius 3 is 2.77 bits per heavy atom. The number of hydrogen-bond acceptors (Lipinski definition) is 2. The maximum atomic E-state index is 12.1. The van der Waals surface area contributed by atoms with Gasteiger partial charge in [-0.05, 0) is 30.2 Å². The van der Waals surface area contributed by atoms with E-state index in [1.54, 1.807) is 6.07 Å². The molecule has 1 amide bonds. The maximum Gasteiger partial charge on any atom is 0.352 e. The molecule has 2 aromatic rings. The molecule has 0 spiro atoms. The summed E-state index contributed by atoms with van der Waals surface area (Å²) in [6.07, 6.45) is 0.959. The van der Waals surface area contributed by atoms with E-state index in [-0.39, 0.29) is 17.5 Å². The van der Waals surface area contributed by atoms with Crippen LogP contribution in [0.25, 0.3) is 10.9 Å². The molecule has 3 rings (SSSR count). The van der Waals surface area contributed by atoms with E-state index in [0.29, 0.717) is 5.92 Å². The summed E-state index contributed by atoms with van der Waals surface area (Å²) in [6, 6.07) is 7.64. The smallest absolute Gasteiger partial charge is 0.352 e. The largest absolute Gasteiger partial charge is 0.477 e. The van der Waals surface area contributed by atoms with Gasteiger partial charge in [0, 0.05) is 35.8 Å². The molecule has 0 aliphatic carbocycles. The highest BCUT2D eigenvalue weighted by Gasteiger charge is 2.28. The Balaban J connectivity index is 1.82. The third-order valence-corrected chi connectivity index (χ3v) is 4.34. The lowest BCUT2D eigenvalue weighted by Gasteiger charge is -2.18. The number of carboxylic acids is 1. The molecule has 2 heterocycles. The predicted molar refractivity (Wildman–Crippen MR) is 84.0 cm³/mol. The number of carboxylic acid groups (broad SMARTS) is 1. The minimum absolute atomic E-state index is 0.0315. The molecule has 0 unspecified atom stereocenters. The van der Waals surface area contributed by atoms with Gasteiger partial charge in [0.15, 0.2) is 0 Å². The van der Waals surface area contributed by atoms with Crippen molar-refractivity contribution >= 4 is 22.8 Å². The molecular weight excluding hydrogens is 280 g/mol. The number of amides is 1. The second-order valence-corrected chi connectivity index (χ2v) is 6.26. The number of hydrogen-bond donors (Lipinski definition) is 2. The highest BCUT2D eigenvalue weighted by atomic mass is 16.4. The molecule has 2 N–H and O–H groups in total. The van der Waals surface area contributed by atoms with Gasteiger partial charge in [-0.3, -0.25) is 4.79 Å². The van der Waals surface area contributed by atoms with Crippen molar-refractivity contribution in [1.29, 1.82) is 0 Å². The average molecular weight is 300 g/mol. The van der Waals surface area contributed by atoms with Gasteiger partial charge in [0.25, 0.3) is 0 Å². The van der Waals surface area contributed by atoms with Crippen LogP contribution < -0.4 is 0 Å². The fraction of sp³-hybridized carbons (Fsp3) is 0.412. The molecule has 22 heavy (non-hydrogen) atoms. The molecule has 1 atom stereocenters. The van der Waals surface area contributed by atoms with E-state index in [4.69, 9.17) is 5.11 Å². The van der Waals surface area contributed by atoms with Crippen molar-refractivity contribution in [2.45, 2.75) is 26.2 Å². The number of rotatable bonds is 3. The zero-order valence-electron chi connectivity index (χ0n) is 12.8. The summed E-state index contributed by atoms with van der Waals surface area (Å²) >= 11 is 0. The van der Waals surface area contributed by atoms with E-state index in [1.807, 2.05) is 36.9 Å². The van der Waals surface area contributed by atoms with Gasteiger partial charge in [-0.25, -0.2) is 4.79 Å². The number of benzene rings is 1. The van der Waals surface area contributed by atoms with Crippen LogP contribution >= 0.6 is 0 Å². The number of nitrogens with zero attached hydrogens (tertiary/aromatic N) is 1. The SMILES string of the molecule is CC(C)C(=O)N1CC[C@H](c2ccc3[nH]c(C(=O)O)cc3c2)C1. The van der Waals surface area contributed by atoms with Crippen LogP contribution in [0.5, 0.6) is 0 Å². The van der Waals surface area contributed by atoms with Crippen LogP contribution in [-0.4, -0.2) is 40.0 Å². The van der Waals surface area contributed by atoms with Crippen LogP contribution in [0, 0.1) is 5.92 Å². The number of aromatic amines is 1. The van der Waals surface area contributed by atoms with E-state index in [1.165, 1.54) is 5.56 Å². The first-order valence-corrected chi connectivity index (χ1v) is 7.60. The number of H-pyrrole nitrogens is 1. The summed E-state index contributed by atoms with van der Waals surface area (Å²) in [5.74, 6) is -0.384. The number of aromatic nitrogens is 1. The minimum atomic E-state index is -0.952. The van der Waals surface area contributed by atoms with E-state index in [9.17, 15) is 9.59 Å². The normalized spacial score (nSPS) is 18.3. The number of nitrogens with one attached hydrogen (secondary N) is 1. The molecule has 0 saturated carbocycles. The molecule has 5 nitrogen and oxygen atoms in total. The molecule has 0 radical (unpaired) electrons. The van der Waals surface area contributed by atoms with Crippen molar-refractivity contribution in [3.63, 3.8) is 0 Å². The van der Waals surface area contributed by atoms with Gasteiger partial charge in [0.05, 0.1) is 0 Å². The molecule has 1 aliphatic rings. The monoisotopic (exact) mass is 300 g/mol. The Labute approximate surface area is 128 Å². The van der Waals surface area contributed by atoms with Gasteiger partial charge < -0.3 is 15.0 Å². The first-order chi connectivity index (χ1) is 10.5. The highest BCUT2D eigenvalue weighted by Crippen LogP contribution is 2.30. The Morgan fingerprint density at radius 2 is 2.09 bits per heavy atom. The van der Waals surface area contributed by atoms with Crippen LogP contribution in [-0.2, 0) is 4.79 Å². The van der Waals surface area contributed by atoms with Gasteiger partial charge in [-0.1, -0.05) is 19.9 Å². The summed E-state index contributed by atoms with van der Waals surface area (Å²) in [7, 11) is 0. The lowest BCUT2D eigenvalue weighted by atomic mass is 9.97. The van der Waals surface area contributed by atoms with Crippen LogP contribution in [0.3, 0.4) is 0 Å². The molecule has 5 heteroatoms. The molecular formula is C17H20N2O3. The topological polar surface area (TPSA) is 73.4 Å². The van der Waals surface area contributed by atoms with Gasteiger partial charge >= 0.3 is 5.97 Å². The Kier molecular flexibility index (Phi) is 3.64. The average Bonchev–Trinajstić information content (AvgIpc) is 3.12. The molecule has 1 fully saturated rings. The highest BCUT2D eigenvalue weighted by molar-refractivity contribution is 5.94. The van der Waals surface area contributed by atoms with Gasteiger partial charge in [-0.15, -0.1) is 0 Å². The first kappa shape index (κ1) is 14.6. The number of carbonyl (C=O) groups excluding carboxylic acids is 1. The zero-order valence-corrected chi connectivity index (χ0v) is 12.8. The Morgan fingerprint density at radius 1 is 1.32 bits per heavy atom. The third-order valence-electron chi connectivity index (χ3n) is 4.34. The maximum absolute atomic E-state index is 12.1. The third kappa shape index (κ3) is 2.58. The van der Waals surface area contributed by atoms with Crippen LogP contribution in [0.2, 0.25) is 0 Å². The molecule has 1 aromatic heterocycles. The van der Waals surface area contributed by atoms with E-state index < -0.39 is 5.97 Å². The van der Waals surface area contributed by atoms with Gasteiger partial charge in [-0.2, -0.15) is 0 Å². The molecule has 1 saturated heterocycles. The standard InChI is InChI=1S/C17H20N2O3/c1-10(2)16(20)19-6-5-12(9-19)11-3-4-14-13(7-11)8-15(18-14)17(21)22/h3-4,7-8,10,12,18H,5-6,9H2,1-2H3,(H,21,22)/t12-/m0/s1. The fourth-order valence-electron chi connectivity index (χ4n) is 3.12. The van der Waals surface area contributed by atoms with Crippen molar-refractivity contribution in [2.75, 3.05) is 13.1 Å². The molecule has 0 bridgehead atoms. The van der Waals surface area contributed by atoms with Gasteiger partial charge in [0.2, 0.25) is 5.91 Å². The summed E-state index contributed by atoms with van der Waals surface area (Å²) in [4.78, 5) is 27.9. The summed E-state index contributed by atoms with van der Waals surface area (Å²) in [6.45, 7) is 5.40. The van der Waals surface area contributed by atoms with Crippen LogP contribution in [0.15, 0.2) is 24.3 Å². The lowest BCUT2D eigenvalue weighted by molar-refractivity contribution is -0.133. The van der Waals surface area contributed by atoms with E-state index >= 15 is 0 Å². The number of likely N-dealkylation sites (tertiary alicyclic amines) is 1. The van der Waals surface area contributed by atoms with Crippen molar-refractivity contribution in [1.82, 2.24) is 9.88 Å². The fourth-order valence-corrected chi connectivity index (χ4v) is 3.12. The lowest BCUT2D eigenvalue weighted by Crippen LogP contribution is -2.31. The van der Waals surface area contributed by atoms with E-state index in [0.717, 1.165) is 30.4 Å². The second-order valence-electron chi connectivity index (χ2n) is 6.26. The van der Waals surface area contributed by atoms with Crippen molar-refractivity contribution in [3.8, 4) is 0 Å². The van der Waals surface area contributed by atoms with Crippen molar-refractivity contribution in [3.05, 3.63) is 35.5 Å². The van der Waals surface area contributed by atoms with Gasteiger partial charge in [0.1, 0.15) is 5.69 Å². The molecule has 1 aromatic carbocycles. The second kappa shape index (κ2) is 5.48. The zero-order chi connectivity index (χ0) is 15.9. The summed E-state index contributed by atoms with van der Waals surface area (Å²) in [5.41, 5.74) is 2.20. The summed E-state index contributed by atoms with van der Waals surface area (Å²) < 4.78 is 0. The van der Waals surface area contributed by atoms with E-state index in [2.05, 4.69) is 4.98 Å². The molecule has 116 valence electrons. The Hall–Kier alpha value is -2.30. The molecule has 1 aliphatic heterocycles. The number of aromatic carboxylic acids is 1. The van der Waals surface area contributed by atoms with Crippen molar-refractivity contribution in [2.24, 2.45) is 5.92 Å². The van der Waals surface area contributed by atoms with Crippen LogP contribution in [0.4, 0.5) is 0 Å². The number of fused-ring (bicyclic) bond motifs is 1.